The van der Waals surface area contributed by atoms with Crippen LogP contribution in [0.1, 0.15) is 11.3 Å². The first-order chi connectivity index (χ1) is 12.8. The van der Waals surface area contributed by atoms with Gasteiger partial charge in [-0.3, -0.25) is 9.79 Å². The molecule has 2 aromatic carbocycles. The molecule has 0 bridgehead atoms. The van der Waals surface area contributed by atoms with Crippen LogP contribution >= 0.6 is 11.8 Å². The first-order valence-corrected chi connectivity index (χ1v) is 9.04. The highest BCUT2D eigenvalue weighted by molar-refractivity contribution is 8.18. The molecule has 1 aromatic heterocycles. The molecule has 0 radical (unpaired) electrons. The Morgan fingerprint density at radius 2 is 1.69 bits per heavy atom. The summed E-state index contributed by atoms with van der Waals surface area (Å²) in [5, 5.41) is 3.41. The topological polar surface area (TPSA) is 54.6 Å². The van der Waals surface area contributed by atoms with Crippen molar-refractivity contribution in [3.05, 3.63) is 89.0 Å². The van der Waals surface area contributed by atoms with Gasteiger partial charge >= 0.3 is 0 Å². The van der Waals surface area contributed by atoms with Crippen molar-refractivity contribution >= 4 is 28.9 Å². The molecule has 26 heavy (non-hydrogen) atoms. The van der Waals surface area contributed by atoms with Gasteiger partial charge in [0.25, 0.3) is 5.91 Å². The van der Waals surface area contributed by atoms with Crippen LogP contribution in [0.5, 0.6) is 0 Å². The quantitative estimate of drug-likeness (QED) is 0.686. The summed E-state index contributed by atoms with van der Waals surface area (Å²) >= 11 is 1.33. The molecule has 0 spiro atoms. The molecule has 0 atom stereocenters. The van der Waals surface area contributed by atoms with Gasteiger partial charge in [0.1, 0.15) is 11.5 Å². The maximum Gasteiger partial charge on any atom is 0.264 e. The molecule has 128 valence electrons. The second-order valence-electron chi connectivity index (χ2n) is 5.74. The van der Waals surface area contributed by atoms with E-state index in [9.17, 15) is 4.79 Å². The minimum atomic E-state index is -0.153. The molecule has 1 amide bonds. The number of furan rings is 1. The lowest BCUT2D eigenvalue weighted by Crippen LogP contribution is -2.19. The van der Waals surface area contributed by atoms with Crippen LogP contribution in [-0.2, 0) is 11.3 Å². The number of hydrogen-bond acceptors (Lipinski definition) is 4. The van der Waals surface area contributed by atoms with Crippen LogP contribution in [0.15, 0.2) is 87.1 Å². The molecular formula is C21H16N2O2S. The molecular weight excluding hydrogens is 344 g/mol. The highest BCUT2D eigenvalue weighted by atomic mass is 32.2. The monoisotopic (exact) mass is 360 g/mol. The van der Waals surface area contributed by atoms with E-state index in [0.717, 1.165) is 16.9 Å². The molecule has 3 aromatic rings. The lowest BCUT2D eigenvalue weighted by Gasteiger charge is -1.96. The highest BCUT2D eigenvalue weighted by Gasteiger charge is 2.24. The predicted octanol–water partition coefficient (Wildman–Crippen LogP) is 4.71. The van der Waals surface area contributed by atoms with Crippen molar-refractivity contribution in [3.8, 4) is 11.3 Å². The van der Waals surface area contributed by atoms with Crippen LogP contribution in [0.3, 0.4) is 0 Å². The summed E-state index contributed by atoms with van der Waals surface area (Å²) in [4.78, 5) is 17.2. The third kappa shape index (κ3) is 3.78. The minimum absolute atomic E-state index is 0.153. The maximum absolute atomic E-state index is 12.2. The van der Waals surface area contributed by atoms with Gasteiger partial charge in [-0.25, -0.2) is 0 Å². The number of amidine groups is 1. The normalized spacial score (nSPS) is 17.0. The van der Waals surface area contributed by atoms with E-state index in [1.165, 1.54) is 11.8 Å². The SMILES string of the molecule is O=C1NC(=NCc2ccccc2)S/C1=C/c1ccc(-c2ccccc2)o1. The van der Waals surface area contributed by atoms with Crippen LogP contribution < -0.4 is 5.32 Å². The van der Waals surface area contributed by atoms with E-state index in [1.54, 1.807) is 6.08 Å². The lowest BCUT2D eigenvalue weighted by atomic mass is 10.2. The number of amides is 1. The predicted molar refractivity (Wildman–Crippen MR) is 105 cm³/mol. The molecule has 1 aliphatic heterocycles. The van der Waals surface area contributed by atoms with Crippen LogP contribution in [0, 0.1) is 0 Å². The third-order valence-corrected chi connectivity index (χ3v) is 4.81. The van der Waals surface area contributed by atoms with Crippen LogP contribution in [0.25, 0.3) is 17.4 Å². The van der Waals surface area contributed by atoms with Crippen molar-refractivity contribution in [1.82, 2.24) is 5.32 Å². The lowest BCUT2D eigenvalue weighted by molar-refractivity contribution is -0.115. The summed E-state index contributed by atoms with van der Waals surface area (Å²) in [5.74, 6) is 1.27. The van der Waals surface area contributed by atoms with Gasteiger partial charge in [0.05, 0.1) is 11.4 Å². The third-order valence-electron chi connectivity index (χ3n) is 3.86. The van der Waals surface area contributed by atoms with Crippen molar-refractivity contribution in [2.24, 2.45) is 4.99 Å². The Balaban J connectivity index is 1.48. The fourth-order valence-electron chi connectivity index (χ4n) is 2.57. The van der Waals surface area contributed by atoms with Crippen molar-refractivity contribution in [2.45, 2.75) is 6.54 Å². The number of thioether (sulfide) groups is 1. The van der Waals surface area contributed by atoms with E-state index in [0.29, 0.717) is 22.4 Å². The fraction of sp³-hybridized carbons (Fsp3) is 0.0476. The minimum Gasteiger partial charge on any atom is -0.457 e. The van der Waals surface area contributed by atoms with Crippen molar-refractivity contribution in [1.29, 1.82) is 0 Å². The second kappa shape index (κ2) is 7.45. The van der Waals surface area contributed by atoms with E-state index in [1.807, 2.05) is 72.8 Å². The Bertz CT molecular complexity index is 976. The Morgan fingerprint density at radius 3 is 2.46 bits per heavy atom. The number of rotatable bonds is 4. The van der Waals surface area contributed by atoms with Crippen molar-refractivity contribution in [3.63, 3.8) is 0 Å². The summed E-state index contributed by atoms with van der Waals surface area (Å²) in [5.41, 5.74) is 2.11. The molecule has 1 fully saturated rings. The largest absolute Gasteiger partial charge is 0.457 e. The van der Waals surface area contributed by atoms with Gasteiger partial charge in [-0.15, -0.1) is 0 Å². The van der Waals surface area contributed by atoms with Crippen LogP contribution in [0.4, 0.5) is 0 Å². The smallest absolute Gasteiger partial charge is 0.264 e. The number of nitrogens with one attached hydrogen (secondary N) is 1. The van der Waals surface area contributed by atoms with Crippen LogP contribution in [-0.4, -0.2) is 11.1 Å². The van der Waals surface area contributed by atoms with Crippen LogP contribution in [0.2, 0.25) is 0 Å². The summed E-state index contributed by atoms with van der Waals surface area (Å²) in [7, 11) is 0. The molecule has 0 aliphatic carbocycles. The average Bonchev–Trinajstić information content (AvgIpc) is 3.29. The second-order valence-corrected chi connectivity index (χ2v) is 6.77. The summed E-state index contributed by atoms with van der Waals surface area (Å²) in [6, 6.07) is 23.6. The van der Waals surface area contributed by atoms with Crippen molar-refractivity contribution < 1.29 is 9.21 Å². The zero-order chi connectivity index (χ0) is 17.8. The standard InChI is InChI=1S/C21H16N2O2S/c24-20-19(26-21(23-20)22-14-15-7-3-1-4-8-15)13-17-11-12-18(25-17)16-9-5-2-6-10-16/h1-13H,14H2,(H,22,23,24)/b19-13+. The van der Waals surface area contributed by atoms with Gasteiger partial charge in [-0.05, 0) is 29.5 Å². The molecule has 0 saturated carbocycles. The van der Waals surface area contributed by atoms with E-state index >= 15 is 0 Å². The van der Waals surface area contributed by atoms with Gasteiger partial charge in [0, 0.05) is 11.6 Å². The number of nitrogens with zero attached hydrogens (tertiary/aromatic N) is 1. The number of carbonyl (C=O) groups excluding carboxylic acids is 1. The fourth-order valence-corrected chi connectivity index (χ4v) is 3.37. The molecule has 1 N–H and O–H groups in total. The Kier molecular flexibility index (Phi) is 4.71. The number of benzene rings is 2. The van der Waals surface area contributed by atoms with Gasteiger partial charge in [0.15, 0.2) is 5.17 Å². The van der Waals surface area contributed by atoms with Gasteiger partial charge < -0.3 is 9.73 Å². The van der Waals surface area contributed by atoms with Gasteiger partial charge in [-0.1, -0.05) is 60.7 Å². The number of aliphatic imine (C=N–C) groups is 1. The molecule has 2 heterocycles. The highest BCUT2D eigenvalue weighted by Crippen LogP contribution is 2.28. The van der Waals surface area contributed by atoms with Gasteiger partial charge in [0.2, 0.25) is 0 Å². The summed E-state index contributed by atoms with van der Waals surface area (Å²) in [6.07, 6.45) is 1.75. The van der Waals surface area contributed by atoms with E-state index < -0.39 is 0 Å². The molecule has 1 saturated heterocycles. The average molecular weight is 360 g/mol. The molecule has 4 nitrogen and oxygen atoms in total. The Labute approximate surface area is 155 Å². The first-order valence-electron chi connectivity index (χ1n) is 8.22. The Morgan fingerprint density at radius 1 is 0.962 bits per heavy atom. The summed E-state index contributed by atoms with van der Waals surface area (Å²) in [6.45, 7) is 0.537. The van der Waals surface area contributed by atoms with E-state index in [4.69, 9.17) is 4.42 Å². The van der Waals surface area contributed by atoms with E-state index in [-0.39, 0.29) is 5.91 Å². The number of hydrogen-bond donors (Lipinski definition) is 1. The Hall–Kier alpha value is -3.05. The molecule has 5 heteroatoms. The molecule has 1 aliphatic rings. The van der Waals surface area contributed by atoms with Crippen molar-refractivity contribution in [2.75, 3.05) is 0 Å². The summed E-state index contributed by atoms with van der Waals surface area (Å²) < 4.78 is 5.83. The first kappa shape index (κ1) is 16.4. The maximum atomic E-state index is 12.2. The van der Waals surface area contributed by atoms with Gasteiger partial charge in [-0.2, -0.15) is 0 Å². The molecule has 4 rings (SSSR count). The zero-order valence-electron chi connectivity index (χ0n) is 13.9. The molecule has 0 unspecified atom stereocenters. The zero-order valence-corrected chi connectivity index (χ0v) is 14.7. The number of carbonyl (C=O) groups is 1. The van der Waals surface area contributed by atoms with E-state index in [2.05, 4.69) is 10.3 Å².